The molecule has 174 valence electrons. The normalized spacial score (nSPS) is 12.8. The Morgan fingerprint density at radius 1 is 0.939 bits per heavy atom. The second kappa shape index (κ2) is 9.79. The van der Waals surface area contributed by atoms with Gasteiger partial charge in [0.1, 0.15) is 6.54 Å². The lowest BCUT2D eigenvalue weighted by atomic mass is 9.86. The van der Waals surface area contributed by atoms with Crippen LogP contribution in [0, 0.1) is 6.92 Å². The van der Waals surface area contributed by atoms with Gasteiger partial charge in [-0.25, -0.2) is 8.42 Å². The highest BCUT2D eigenvalue weighted by atomic mass is 32.2. The molecule has 0 bridgehead atoms. The number of benzene rings is 3. The first-order chi connectivity index (χ1) is 15.5. The summed E-state index contributed by atoms with van der Waals surface area (Å²) in [6.07, 6.45) is 0. The van der Waals surface area contributed by atoms with Crippen LogP contribution in [-0.2, 0) is 20.2 Å². The van der Waals surface area contributed by atoms with Gasteiger partial charge in [0.2, 0.25) is 5.91 Å². The van der Waals surface area contributed by atoms with Gasteiger partial charge in [0.05, 0.1) is 16.6 Å². The molecule has 0 aliphatic heterocycles. The van der Waals surface area contributed by atoms with Crippen LogP contribution in [0.2, 0.25) is 0 Å². The van der Waals surface area contributed by atoms with E-state index in [0.717, 1.165) is 11.1 Å². The van der Waals surface area contributed by atoms with Crippen LogP contribution < -0.4 is 9.62 Å². The van der Waals surface area contributed by atoms with Gasteiger partial charge in [-0.3, -0.25) is 9.10 Å². The fraction of sp³-hybridized carbons (Fsp3) is 0.296. The van der Waals surface area contributed by atoms with Crippen molar-refractivity contribution < 1.29 is 13.2 Å². The van der Waals surface area contributed by atoms with E-state index in [-0.39, 0.29) is 28.8 Å². The second-order valence-corrected chi connectivity index (χ2v) is 11.2. The quantitative estimate of drug-likeness (QED) is 0.511. The van der Waals surface area contributed by atoms with Crippen molar-refractivity contribution in [1.82, 2.24) is 5.32 Å². The van der Waals surface area contributed by atoms with E-state index in [4.69, 9.17) is 0 Å². The van der Waals surface area contributed by atoms with E-state index in [1.807, 2.05) is 32.0 Å². The molecule has 1 amide bonds. The number of nitrogens with zero attached hydrogens (tertiary/aromatic N) is 1. The Kier molecular flexibility index (Phi) is 7.28. The molecule has 33 heavy (non-hydrogen) atoms. The van der Waals surface area contributed by atoms with Gasteiger partial charge in [-0.2, -0.15) is 0 Å². The molecular weight excluding hydrogens is 432 g/mol. The number of amides is 1. The fourth-order valence-corrected chi connectivity index (χ4v) is 5.02. The van der Waals surface area contributed by atoms with E-state index in [1.54, 1.807) is 36.4 Å². The number of hydrogen-bond donors (Lipinski definition) is 1. The Balaban J connectivity index is 1.83. The molecule has 0 fully saturated rings. The maximum atomic E-state index is 13.4. The van der Waals surface area contributed by atoms with E-state index >= 15 is 0 Å². The molecule has 0 radical (unpaired) electrons. The van der Waals surface area contributed by atoms with Crippen molar-refractivity contribution >= 4 is 21.6 Å². The van der Waals surface area contributed by atoms with Gasteiger partial charge < -0.3 is 5.32 Å². The summed E-state index contributed by atoms with van der Waals surface area (Å²) >= 11 is 0. The Labute approximate surface area is 197 Å². The van der Waals surface area contributed by atoms with E-state index in [9.17, 15) is 13.2 Å². The van der Waals surface area contributed by atoms with Gasteiger partial charge in [-0.1, -0.05) is 75.4 Å². The molecule has 6 heteroatoms. The van der Waals surface area contributed by atoms with Crippen LogP contribution in [0.5, 0.6) is 0 Å². The molecular formula is C27H32N2O3S. The summed E-state index contributed by atoms with van der Waals surface area (Å²) in [6, 6.07) is 23.2. The predicted molar refractivity (Wildman–Crippen MR) is 134 cm³/mol. The summed E-state index contributed by atoms with van der Waals surface area (Å²) in [4.78, 5) is 13.1. The van der Waals surface area contributed by atoms with Crippen molar-refractivity contribution in [2.24, 2.45) is 0 Å². The average molecular weight is 465 g/mol. The topological polar surface area (TPSA) is 66.5 Å². The van der Waals surface area contributed by atoms with Gasteiger partial charge >= 0.3 is 0 Å². The zero-order chi connectivity index (χ0) is 24.2. The van der Waals surface area contributed by atoms with Crippen molar-refractivity contribution in [3.05, 3.63) is 95.6 Å². The standard InChI is InChI=1S/C27H32N2O3S/c1-20-10-9-11-24(18-20)29(33(31,32)25-12-7-6-8-13-25)19-26(30)28-21(2)22-14-16-23(17-15-22)27(3,4)5/h6-18,21H,19H2,1-5H3,(H,28,30). The number of anilines is 1. The SMILES string of the molecule is Cc1cccc(N(CC(=O)NC(C)c2ccc(C(C)(C)C)cc2)S(=O)(=O)c2ccccc2)c1. The van der Waals surface area contributed by atoms with Gasteiger partial charge in [-0.05, 0) is 60.2 Å². The maximum Gasteiger partial charge on any atom is 0.264 e. The third-order valence-electron chi connectivity index (χ3n) is 5.56. The molecule has 0 aliphatic rings. The molecule has 0 saturated carbocycles. The monoisotopic (exact) mass is 464 g/mol. The van der Waals surface area contributed by atoms with Crippen LogP contribution in [0.25, 0.3) is 0 Å². The Hall–Kier alpha value is -3.12. The number of carbonyl (C=O) groups is 1. The van der Waals surface area contributed by atoms with Crippen LogP contribution >= 0.6 is 0 Å². The minimum absolute atomic E-state index is 0.0468. The average Bonchev–Trinajstić information content (AvgIpc) is 2.77. The molecule has 3 aromatic rings. The van der Waals surface area contributed by atoms with Gasteiger partial charge in [-0.15, -0.1) is 0 Å². The molecule has 0 saturated heterocycles. The number of sulfonamides is 1. The predicted octanol–water partition coefficient (Wildman–Crippen LogP) is 5.37. The molecule has 0 aromatic heterocycles. The zero-order valence-electron chi connectivity index (χ0n) is 19.9. The van der Waals surface area contributed by atoms with Crippen LogP contribution in [0.3, 0.4) is 0 Å². The molecule has 0 spiro atoms. The van der Waals surface area contributed by atoms with Gasteiger partial charge in [0.25, 0.3) is 10.0 Å². The van der Waals surface area contributed by atoms with Crippen molar-refractivity contribution in [2.75, 3.05) is 10.8 Å². The second-order valence-electron chi connectivity index (χ2n) is 9.32. The smallest absolute Gasteiger partial charge is 0.264 e. The van der Waals surface area contributed by atoms with Gasteiger partial charge in [0, 0.05) is 0 Å². The summed E-state index contributed by atoms with van der Waals surface area (Å²) in [5.74, 6) is -0.372. The number of aryl methyl sites for hydroxylation is 1. The summed E-state index contributed by atoms with van der Waals surface area (Å²) in [5, 5.41) is 2.95. The molecule has 5 nitrogen and oxygen atoms in total. The molecule has 0 heterocycles. The molecule has 1 N–H and O–H groups in total. The number of hydrogen-bond acceptors (Lipinski definition) is 3. The highest BCUT2D eigenvalue weighted by Gasteiger charge is 2.27. The lowest BCUT2D eigenvalue weighted by Gasteiger charge is -2.25. The number of rotatable bonds is 7. The van der Waals surface area contributed by atoms with Crippen molar-refractivity contribution in [1.29, 1.82) is 0 Å². The van der Waals surface area contributed by atoms with E-state index in [1.165, 1.54) is 22.0 Å². The molecule has 3 aromatic carbocycles. The van der Waals surface area contributed by atoms with Crippen LogP contribution in [0.4, 0.5) is 5.69 Å². The first-order valence-corrected chi connectivity index (χ1v) is 12.5. The maximum absolute atomic E-state index is 13.4. The lowest BCUT2D eigenvalue weighted by molar-refractivity contribution is -0.120. The molecule has 1 unspecified atom stereocenters. The van der Waals surface area contributed by atoms with Crippen LogP contribution in [0.1, 0.15) is 50.4 Å². The molecule has 3 rings (SSSR count). The fourth-order valence-electron chi connectivity index (χ4n) is 3.59. The van der Waals surface area contributed by atoms with E-state index < -0.39 is 10.0 Å². The summed E-state index contributed by atoms with van der Waals surface area (Å²) in [5.41, 5.74) is 3.59. The highest BCUT2D eigenvalue weighted by Crippen LogP contribution is 2.26. The highest BCUT2D eigenvalue weighted by molar-refractivity contribution is 7.92. The minimum atomic E-state index is -3.92. The first-order valence-electron chi connectivity index (χ1n) is 11.0. The largest absolute Gasteiger partial charge is 0.348 e. The molecule has 1 atom stereocenters. The minimum Gasteiger partial charge on any atom is -0.348 e. The Morgan fingerprint density at radius 3 is 2.15 bits per heavy atom. The van der Waals surface area contributed by atoms with Crippen molar-refractivity contribution in [3.8, 4) is 0 Å². The Bertz CT molecular complexity index is 1200. The lowest BCUT2D eigenvalue weighted by Crippen LogP contribution is -2.41. The van der Waals surface area contributed by atoms with Crippen molar-refractivity contribution in [3.63, 3.8) is 0 Å². The molecule has 0 aliphatic carbocycles. The summed E-state index contributed by atoms with van der Waals surface area (Å²) in [6.45, 7) is 9.93. The zero-order valence-corrected chi connectivity index (χ0v) is 20.7. The van der Waals surface area contributed by atoms with Crippen molar-refractivity contribution in [2.45, 2.75) is 51.0 Å². The van der Waals surface area contributed by atoms with E-state index in [2.05, 4.69) is 38.2 Å². The van der Waals surface area contributed by atoms with Crippen LogP contribution in [-0.4, -0.2) is 20.9 Å². The van der Waals surface area contributed by atoms with Crippen LogP contribution in [0.15, 0.2) is 83.8 Å². The third kappa shape index (κ3) is 6.02. The van der Waals surface area contributed by atoms with Gasteiger partial charge in [0.15, 0.2) is 0 Å². The third-order valence-corrected chi connectivity index (χ3v) is 7.35. The number of carbonyl (C=O) groups excluding carboxylic acids is 1. The first kappa shape index (κ1) is 24.5. The van der Waals surface area contributed by atoms with E-state index in [0.29, 0.717) is 5.69 Å². The summed E-state index contributed by atoms with van der Waals surface area (Å²) in [7, 11) is -3.92. The number of nitrogens with one attached hydrogen (secondary N) is 1. The Morgan fingerprint density at radius 2 is 1.58 bits per heavy atom. The summed E-state index contributed by atoms with van der Waals surface area (Å²) < 4.78 is 28.0.